The van der Waals surface area contributed by atoms with Gasteiger partial charge in [0, 0.05) is 26.1 Å². The molecule has 0 aliphatic heterocycles. The zero-order valence-electron chi connectivity index (χ0n) is 14.2. The molecule has 5 heteroatoms. The molecule has 0 atom stereocenters. The van der Waals surface area contributed by atoms with E-state index in [0.717, 1.165) is 25.3 Å². The molecule has 0 bridgehead atoms. The normalized spacial score (nSPS) is 11.8. The van der Waals surface area contributed by atoms with Crippen molar-refractivity contribution in [3.63, 3.8) is 0 Å². The summed E-state index contributed by atoms with van der Waals surface area (Å²) in [5.74, 6) is 0.860. The van der Waals surface area contributed by atoms with Crippen LogP contribution >= 0.6 is 24.0 Å². The number of hydrogen-bond acceptors (Lipinski definition) is 2. The number of aliphatic hydroxyl groups excluding tert-OH is 1. The Hall–Kier alpha value is -0.820. The van der Waals surface area contributed by atoms with E-state index < -0.39 is 0 Å². The Morgan fingerprint density at radius 3 is 2.23 bits per heavy atom. The van der Waals surface area contributed by atoms with E-state index in [1.807, 2.05) is 37.2 Å². The fourth-order valence-corrected chi connectivity index (χ4v) is 2.15. The molecule has 0 amide bonds. The summed E-state index contributed by atoms with van der Waals surface area (Å²) in [6, 6.07) is 10.2. The second-order valence-electron chi connectivity index (χ2n) is 5.74. The molecule has 0 saturated carbocycles. The maximum Gasteiger partial charge on any atom is 0.193 e. The van der Waals surface area contributed by atoms with Gasteiger partial charge in [0.25, 0.3) is 0 Å². The third-order valence-electron chi connectivity index (χ3n) is 4.13. The molecule has 0 fully saturated rings. The van der Waals surface area contributed by atoms with Crippen LogP contribution in [0.5, 0.6) is 0 Å². The van der Waals surface area contributed by atoms with Crippen molar-refractivity contribution < 1.29 is 5.11 Å². The SMILES string of the molecule is CCC(CC)(CO)CNC(=NCc1ccccc1)N(C)C.I. The van der Waals surface area contributed by atoms with Gasteiger partial charge in [0.1, 0.15) is 0 Å². The summed E-state index contributed by atoms with van der Waals surface area (Å²) >= 11 is 0. The molecule has 1 aromatic carbocycles. The Kier molecular flexibility index (Phi) is 10.4. The van der Waals surface area contributed by atoms with Gasteiger partial charge in [-0.15, -0.1) is 24.0 Å². The molecule has 22 heavy (non-hydrogen) atoms. The van der Waals surface area contributed by atoms with Crippen molar-refractivity contribution in [2.75, 3.05) is 27.2 Å². The number of guanidine groups is 1. The summed E-state index contributed by atoms with van der Waals surface area (Å²) < 4.78 is 0. The standard InChI is InChI=1S/C17H29N3O.HI/c1-5-17(6-2,14-21)13-19-16(20(3)4)18-12-15-10-8-7-9-11-15;/h7-11,21H,5-6,12-14H2,1-4H3,(H,18,19);1H. The Bertz CT molecular complexity index is 423. The quantitative estimate of drug-likeness (QED) is 0.406. The maximum atomic E-state index is 9.64. The average molecular weight is 419 g/mol. The first-order chi connectivity index (χ1) is 10.1. The number of aliphatic hydroxyl groups is 1. The fraction of sp³-hybridized carbons (Fsp3) is 0.588. The van der Waals surface area contributed by atoms with Crippen molar-refractivity contribution in [3.05, 3.63) is 35.9 Å². The molecule has 1 aromatic rings. The van der Waals surface area contributed by atoms with Crippen molar-refractivity contribution in [2.24, 2.45) is 10.4 Å². The predicted octanol–water partition coefficient (Wildman–Crippen LogP) is 3.11. The zero-order valence-corrected chi connectivity index (χ0v) is 16.5. The van der Waals surface area contributed by atoms with Crippen LogP contribution in [0.15, 0.2) is 35.3 Å². The summed E-state index contributed by atoms with van der Waals surface area (Å²) in [7, 11) is 3.96. The van der Waals surface area contributed by atoms with Crippen LogP contribution in [-0.4, -0.2) is 43.2 Å². The molecular weight excluding hydrogens is 389 g/mol. The molecule has 1 rings (SSSR count). The number of aliphatic imine (C=N–C) groups is 1. The van der Waals surface area contributed by atoms with E-state index in [2.05, 4.69) is 36.3 Å². The highest BCUT2D eigenvalue weighted by Gasteiger charge is 2.25. The van der Waals surface area contributed by atoms with Gasteiger partial charge in [-0.3, -0.25) is 0 Å². The van der Waals surface area contributed by atoms with E-state index in [0.29, 0.717) is 6.54 Å². The summed E-state index contributed by atoms with van der Waals surface area (Å²) in [6.07, 6.45) is 1.90. The van der Waals surface area contributed by atoms with Crippen molar-refractivity contribution in [1.82, 2.24) is 10.2 Å². The number of benzene rings is 1. The van der Waals surface area contributed by atoms with Crippen LogP contribution in [-0.2, 0) is 6.54 Å². The van der Waals surface area contributed by atoms with Gasteiger partial charge in [0.2, 0.25) is 0 Å². The number of halogens is 1. The van der Waals surface area contributed by atoms with Gasteiger partial charge in [-0.1, -0.05) is 44.2 Å². The van der Waals surface area contributed by atoms with E-state index in [1.165, 1.54) is 5.56 Å². The van der Waals surface area contributed by atoms with Gasteiger partial charge in [-0.2, -0.15) is 0 Å². The minimum atomic E-state index is -0.0659. The van der Waals surface area contributed by atoms with Crippen LogP contribution in [0.2, 0.25) is 0 Å². The van der Waals surface area contributed by atoms with Crippen LogP contribution < -0.4 is 5.32 Å². The number of nitrogens with one attached hydrogen (secondary N) is 1. The van der Waals surface area contributed by atoms with E-state index in [1.54, 1.807) is 0 Å². The molecule has 0 heterocycles. The zero-order chi connectivity index (χ0) is 15.7. The second kappa shape index (κ2) is 10.8. The van der Waals surface area contributed by atoms with Crippen molar-refractivity contribution in [2.45, 2.75) is 33.2 Å². The number of rotatable bonds is 7. The minimum Gasteiger partial charge on any atom is -0.396 e. The van der Waals surface area contributed by atoms with E-state index in [9.17, 15) is 5.11 Å². The fourth-order valence-electron chi connectivity index (χ4n) is 2.15. The molecule has 126 valence electrons. The molecule has 0 spiro atoms. The van der Waals surface area contributed by atoms with E-state index in [-0.39, 0.29) is 36.0 Å². The summed E-state index contributed by atoms with van der Waals surface area (Å²) in [6.45, 7) is 5.84. The third kappa shape index (κ3) is 6.52. The molecular formula is C17H30IN3O. The average Bonchev–Trinajstić information content (AvgIpc) is 2.52. The monoisotopic (exact) mass is 419 g/mol. The predicted molar refractivity (Wildman–Crippen MR) is 105 cm³/mol. The van der Waals surface area contributed by atoms with Crippen molar-refractivity contribution in [1.29, 1.82) is 0 Å². The lowest BCUT2D eigenvalue weighted by atomic mass is 9.83. The van der Waals surface area contributed by atoms with Gasteiger partial charge in [-0.25, -0.2) is 4.99 Å². The summed E-state index contributed by atoms with van der Waals surface area (Å²) in [4.78, 5) is 6.63. The minimum absolute atomic E-state index is 0. The number of nitrogens with zero attached hydrogens (tertiary/aromatic N) is 2. The van der Waals surface area contributed by atoms with Gasteiger partial charge >= 0.3 is 0 Å². The maximum absolute atomic E-state index is 9.64. The Balaban J connectivity index is 0.00000441. The van der Waals surface area contributed by atoms with Crippen molar-refractivity contribution in [3.8, 4) is 0 Å². The molecule has 0 aliphatic carbocycles. The number of hydrogen-bond donors (Lipinski definition) is 2. The molecule has 0 radical (unpaired) electrons. The Morgan fingerprint density at radius 2 is 1.77 bits per heavy atom. The molecule has 0 aromatic heterocycles. The first kappa shape index (κ1) is 21.2. The van der Waals surface area contributed by atoms with Crippen molar-refractivity contribution >= 4 is 29.9 Å². The van der Waals surface area contributed by atoms with Gasteiger partial charge < -0.3 is 15.3 Å². The third-order valence-corrected chi connectivity index (χ3v) is 4.13. The van der Waals surface area contributed by atoms with Crippen LogP contribution in [0, 0.1) is 5.41 Å². The summed E-state index contributed by atoms with van der Waals surface area (Å²) in [5.41, 5.74) is 1.13. The van der Waals surface area contributed by atoms with E-state index >= 15 is 0 Å². The highest BCUT2D eigenvalue weighted by Crippen LogP contribution is 2.24. The van der Waals surface area contributed by atoms with Crippen LogP contribution in [0.1, 0.15) is 32.3 Å². The first-order valence-electron chi connectivity index (χ1n) is 7.67. The summed E-state index contributed by atoms with van der Waals surface area (Å²) in [5, 5.41) is 13.0. The van der Waals surface area contributed by atoms with Crippen LogP contribution in [0.4, 0.5) is 0 Å². The highest BCUT2D eigenvalue weighted by atomic mass is 127. The lowest BCUT2D eigenvalue weighted by molar-refractivity contribution is 0.117. The van der Waals surface area contributed by atoms with Gasteiger partial charge in [0.15, 0.2) is 5.96 Å². The Labute approximate surface area is 152 Å². The highest BCUT2D eigenvalue weighted by molar-refractivity contribution is 14.0. The lowest BCUT2D eigenvalue weighted by Crippen LogP contribution is -2.44. The molecule has 0 saturated heterocycles. The van der Waals surface area contributed by atoms with Gasteiger partial charge in [-0.05, 0) is 18.4 Å². The molecule has 0 unspecified atom stereocenters. The van der Waals surface area contributed by atoms with Gasteiger partial charge in [0.05, 0.1) is 13.2 Å². The van der Waals surface area contributed by atoms with Crippen LogP contribution in [0.3, 0.4) is 0 Å². The molecule has 0 aliphatic rings. The largest absolute Gasteiger partial charge is 0.396 e. The smallest absolute Gasteiger partial charge is 0.193 e. The first-order valence-corrected chi connectivity index (χ1v) is 7.67. The van der Waals surface area contributed by atoms with E-state index in [4.69, 9.17) is 0 Å². The topological polar surface area (TPSA) is 47.9 Å². The molecule has 2 N–H and O–H groups in total. The lowest BCUT2D eigenvalue weighted by Gasteiger charge is -2.31. The van der Waals surface area contributed by atoms with Crippen LogP contribution in [0.25, 0.3) is 0 Å². The second-order valence-corrected chi connectivity index (χ2v) is 5.74. The Morgan fingerprint density at radius 1 is 1.18 bits per heavy atom. The molecule has 4 nitrogen and oxygen atoms in total.